The van der Waals surface area contributed by atoms with Crippen molar-refractivity contribution < 1.29 is 9.90 Å². The lowest BCUT2D eigenvalue weighted by Crippen LogP contribution is -2.55. The average molecular weight is 291 g/mol. The number of anilines is 1. The third-order valence-electron chi connectivity index (χ3n) is 4.12. The van der Waals surface area contributed by atoms with Gasteiger partial charge in [0, 0.05) is 6.54 Å². The molecule has 0 saturated carbocycles. The number of rotatable bonds is 2. The molecular weight excluding hydrogens is 274 g/mol. The van der Waals surface area contributed by atoms with Gasteiger partial charge in [0.25, 0.3) is 0 Å². The second-order valence-corrected chi connectivity index (χ2v) is 6.36. The average Bonchev–Trinajstić information content (AvgIpc) is 2.81. The summed E-state index contributed by atoms with van der Waals surface area (Å²) in [5.74, 6) is -0.0186. The van der Waals surface area contributed by atoms with Crippen molar-refractivity contribution >= 4 is 33.3 Å². The van der Waals surface area contributed by atoms with Crippen LogP contribution in [0.25, 0.3) is 10.2 Å². The van der Waals surface area contributed by atoms with Crippen molar-refractivity contribution in [1.82, 2.24) is 9.97 Å². The number of thiophene rings is 1. The van der Waals surface area contributed by atoms with Crippen LogP contribution in [0, 0.1) is 6.92 Å². The minimum absolute atomic E-state index is 0.651. The van der Waals surface area contributed by atoms with Gasteiger partial charge in [0.2, 0.25) is 0 Å². The van der Waals surface area contributed by atoms with Gasteiger partial charge in [-0.1, -0.05) is 0 Å². The van der Waals surface area contributed by atoms with E-state index in [9.17, 15) is 9.90 Å². The minimum atomic E-state index is -0.878. The molecule has 3 heterocycles. The van der Waals surface area contributed by atoms with Gasteiger partial charge in [-0.15, -0.1) is 11.3 Å². The summed E-state index contributed by atoms with van der Waals surface area (Å²) in [6, 6.07) is 0. The summed E-state index contributed by atoms with van der Waals surface area (Å²) >= 11 is 1.59. The van der Waals surface area contributed by atoms with Gasteiger partial charge in [0.15, 0.2) is 5.82 Å². The number of nitrogens with zero attached hydrogens (tertiary/aromatic N) is 3. The van der Waals surface area contributed by atoms with Gasteiger partial charge in [-0.05, 0) is 44.1 Å². The van der Waals surface area contributed by atoms with Gasteiger partial charge in [0.05, 0.1) is 10.2 Å². The van der Waals surface area contributed by atoms with Crippen LogP contribution < -0.4 is 4.90 Å². The molecule has 1 aliphatic rings. The first-order chi connectivity index (χ1) is 9.54. The summed E-state index contributed by atoms with van der Waals surface area (Å²) in [6.45, 7) is 4.54. The lowest BCUT2D eigenvalue weighted by Gasteiger charge is -2.42. The van der Waals surface area contributed by atoms with Crippen molar-refractivity contribution in [3.05, 3.63) is 17.3 Å². The quantitative estimate of drug-likeness (QED) is 0.921. The molecule has 2 aromatic heterocycles. The molecule has 20 heavy (non-hydrogen) atoms. The molecule has 0 bridgehead atoms. The number of aromatic nitrogens is 2. The minimum Gasteiger partial charge on any atom is -0.480 e. The molecule has 0 spiro atoms. The van der Waals surface area contributed by atoms with E-state index >= 15 is 0 Å². The third-order valence-corrected chi connectivity index (χ3v) is 5.20. The van der Waals surface area contributed by atoms with E-state index in [0.717, 1.165) is 41.0 Å². The molecule has 6 heteroatoms. The predicted octanol–water partition coefficient (Wildman–Crippen LogP) is 2.83. The first-order valence-corrected chi connectivity index (χ1v) is 7.62. The molecule has 106 valence electrons. The van der Waals surface area contributed by atoms with E-state index in [2.05, 4.69) is 9.97 Å². The summed E-state index contributed by atoms with van der Waals surface area (Å²) in [4.78, 5) is 22.4. The van der Waals surface area contributed by atoms with Crippen LogP contribution >= 0.6 is 11.3 Å². The van der Waals surface area contributed by atoms with Gasteiger partial charge >= 0.3 is 5.97 Å². The highest BCUT2D eigenvalue weighted by Gasteiger charge is 2.42. The first kappa shape index (κ1) is 13.3. The summed E-state index contributed by atoms with van der Waals surface area (Å²) < 4.78 is 0.986. The lowest BCUT2D eigenvalue weighted by molar-refractivity contribution is -0.143. The van der Waals surface area contributed by atoms with Gasteiger partial charge < -0.3 is 10.0 Å². The number of carboxylic acid groups (broad SMARTS) is 1. The van der Waals surface area contributed by atoms with Gasteiger partial charge in [-0.3, -0.25) is 0 Å². The van der Waals surface area contributed by atoms with Crippen LogP contribution in [0.4, 0.5) is 5.82 Å². The fraction of sp³-hybridized carbons (Fsp3) is 0.500. The van der Waals surface area contributed by atoms with E-state index in [4.69, 9.17) is 0 Å². The van der Waals surface area contributed by atoms with E-state index in [1.54, 1.807) is 18.3 Å². The number of hydrogen-bond donors (Lipinski definition) is 1. The van der Waals surface area contributed by atoms with Crippen LogP contribution in [0.1, 0.15) is 31.7 Å². The fourth-order valence-electron chi connectivity index (χ4n) is 2.83. The maximum atomic E-state index is 11.7. The molecule has 0 amide bonds. The Morgan fingerprint density at radius 1 is 1.45 bits per heavy atom. The van der Waals surface area contributed by atoms with E-state index in [1.807, 2.05) is 17.2 Å². The molecule has 5 nitrogen and oxygen atoms in total. The van der Waals surface area contributed by atoms with Crippen molar-refractivity contribution in [2.24, 2.45) is 0 Å². The standard InChI is InChI=1S/C14H17N3O2S/c1-9-7-20-11-10(9)15-8-16-12(11)17-6-4-3-5-14(17,2)13(18)19/h7-8H,3-6H2,1-2H3,(H,18,19). The Balaban J connectivity index is 2.15. The molecule has 1 fully saturated rings. The fourth-order valence-corrected chi connectivity index (χ4v) is 3.83. The van der Waals surface area contributed by atoms with Crippen LogP contribution in [0.2, 0.25) is 0 Å². The van der Waals surface area contributed by atoms with E-state index in [1.165, 1.54) is 6.33 Å². The van der Waals surface area contributed by atoms with Crippen LogP contribution in [0.3, 0.4) is 0 Å². The van der Waals surface area contributed by atoms with Crippen LogP contribution in [0.15, 0.2) is 11.7 Å². The smallest absolute Gasteiger partial charge is 0.329 e. The van der Waals surface area contributed by atoms with Crippen LogP contribution in [0.5, 0.6) is 0 Å². The Labute approximate surface area is 121 Å². The Morgan fingerprint density at radius 2 is 2.25 bits per heavy atom. The van der Waals surface area contributed by atoms with E-state index in [-0.39, 0.29) is 0 Å². The summed E-state index contributed by atoms with van der Waals surface area (Å²) in [6.07, 6.45) is 4.13. The predicted molar refractivity (Wildman–Crippen MR) is 79.4 cm³/mol. The maximum Gasteiger partial charge on any atom is 0.329 e. The number of fused-ring (bicyclic) bond motifs is 1. The van der Waals surface area contributed by atoms with Crippen molar-refractivity contribution in [2.45, 2.75) is 38.6 Å². The summed E-state index contributed by atoms with van der Waals surface area (Å²) in [7, 11) is 0. The zero-order valence-corrected chi connectivity index (χ0v) is 12.4. The zero-order valence-electron chi connectivity index (χ0n) is 11.6. The first-order valence-electron chi connectivity index (χ1n) is 6.74. The summed E-state index contributed by atoms with van der Waals surface area (Å²) in [5.41, 5.74) is 1.17. The molecule has 0 aliphatic carbocycles. The largest absolute Gasteiger partial charge is 0.480 e. The molecule has 2 aromatic rings. The number of carboxylic acids is 1. The molecule has 1 unspecified atom stereocenters. The van der Waals surface area contributed by atoms with E-state index < -0.39 is 11.5 Å². The molecule has 0 radical (unpaired) electrons. The Morgan fingerprint density at radius 3 is 3.00 bits per heavy atom. The normalized spacial score (nSPS) is 23.2. The van der Waals surface area contributed by atoms with Gasteiger partial charge in [0.1, 0.15) is 11.9 Å². The van der Waals surface area contributed by atoms with Crippen molar-refractivity contribution in [1.29, 1.82) is 0 Å². The molecule has 0 aromatic carbocycles. The highest BCUT2D eigenvalue weighted by molar-refractivity contribution is 7.18. The van der Waals surface area contributed by atoms with Gasteiger partial charge in [-0.2, -0.15) is 0 Å². The summed E-state index contributed by atoms with van der Waals surface area (Å²) in [5, 5.41) is 11.7. The highest BCUT2D eigenvalue weighted by atomic mass is 32.1. The highest BCUT2D eigenvalue weighted by Crippen LogP contribution is 2.38. The number of aryl methyl sites for hydroxylation is 1. The lowest BCUT2D eigenvalue weighted by atomic mass is 9.88. The zero-order chi connectivity index (χ0) is 14.3. The van der Waals surface area contributed by atoms with Crippen molar-refractivity contribution in [2.75, 3.05) is 11.4 Å². The van der Waals surface area contributed by atoms with Crippen LogP contribution in [-0.2, 0) is 4.79 Å². The Hall–Kier alpha value is -1.69. The second-order valence-electron chi connectivity index (χ2n) is 5.48. The van der Waals surface area contributed by atoms with Gasteiger partial charge in [-0.25, -0.2) is 14.8 Å². The number of piperidine rings is 1. The van der Waals surface area contributed by atoms with Crippen molar-refractivity contribution in [3.8, 4) is 0 Å². The number of hydrogen-bond acceptors (Lipinski definition) is 5. The monoisotopic (exact) mass is 291 g/mol. The molecule has 1 N–H and O–H groups in total. The molecule has 3 rings (SSSR count). The molecular formula is C14H17N3O2S. The maximum absolute atomic E-state index is 11.7. The second kappa shape index (κ2) is 4.70. The van der Waals surface area contributed by atoms with Crippen LogP contribution in [-0.4, -0.2) is 33.1 Å². The SMILES string of the molecule is Cc1csc2c(N3CCCCC3(C)C(=O)O)ncnc12. The molecule has 1 atom stereocenters. The van der Waals surface area contributed by atoms with E-state index in [0.29, 0.717) is 6.42 Å². The van der Waals surface area contributed by atoms with Crippen molar-refractivity contribution in [3.63, 3.8) is 0 Å². The number of carbonyl (C=O) groups is 1. The molecule has 1 saturated heterocycles. The Kier molecular flexibility index (Phi) is 3.12. The third kappa shape index (κ3) is 1.86. The molecule has 1 aliphatic heterocycles. The topological polar surface area (TPSA) is 66.3 Å². The number of aliphatic carboxylic acids is 1. The Bertz CT molecular complexity index is 669.